The first-order chi connectivity index (χ1) is 9.90. The van der Waals surface area contributed by atoms with Gasteiger partial charge in [-0.1, -0.05) is 13.3 Å². The third kappa shape index (κ3) is 3.46. The Hall–Kier alpha value is -1.77. The van der Waals surface area contributed by atoms with Gasteiger partial charge in [-0.05, 0) is 33.1 Å². The van der Waals surface area contributed by atoms with E-state index in [4.69, 9.17) is 5.26 Å². The maximum absolute atomic E-state index is 12.8. The molecule has 2 amide bonds. The highest BCUT2D eigenvalue weighted by Gasteiger charge is 2.50. The minimum atomic E-state index is -1.08. The molecular formula is C15H25N3O3. The lowest BCUT2D eigenvalue weighted by Gasteiger charge is -2.39. The van der Waals surface area contributed by atoms with E-state index in [0.717, 1.165) is 6.42 Å². The van der Waals surface area contributed by atoms with Crippen molar-refractivity contribution in [3.05, 3.63) is 0 Å². The number of nitriles is 1. The van der Waals surface area contributed by atoms with E-state index < -0.39 is 11.5 Å². The van der Waals surface area contributed by atoms with Crippen molar-refractivity contribution in [2.75, 3.05) is 13.1 Å². The average molecular weight is 295 g/mol. The predicted molar refractivity (Wildman–Crippen MR) is 78.7 cm³/mol. The maximum Gasteiger partial charge on any atom is 0.329 e. The number of carboxylic acid groups (broad SMARTS) is 1. The SMILES string of the molecule is CCCC1(C(=O)O)CCCN1C(=O)N(CCC#N)C(C)C. The van der Waals surface area contributed by atoms with Crippen molar-refractivity contribution in [1.82, 2.24) is 9.80 Å². The molecule has 1 N–H and O–H groups in total. The van der Waals surface area contributed by atoms with Gasteiger partial charge in [-0.25, -0.2) is 9.59 Å². The Balaban J connectivity index is 3.01. The number of urea groups is 1. The van der Waals surface area contributed by atoms with E-state index in [2.05, 4.69) is 0 Å². The first-order valence-electron chi connectivity index (χ1n) is 7.59. The zero-order valence-corrected chi connectivity index (χ0v) is 13.1. The van der Waals surface area contributed by atoms with Crippen molar-refractivity contribution in [2.45, 2.75) is 64.5 Å². The van der Waals surface area contributed by atoms with Gasteiger partial charge in [-0.2, -0.15) is 5.26 Å². The van der Waals surface area contributed by atoms with E-state index in [0.29, 0.717) is 32.4 Å². The fraction of sp³-hybridized carbons (Fsp3) is 0.800. The van der Waals surface area contributed by atoms with Gasteiger partial charge in [0.05, 0.1) is 12.5 Å². The number of nitrogens with zero attached hydrogens (tertiary/aromatic N) is 3. The van der Waals surface area contributed by atoms with Crippen molar-refractivity contribution in [3.63, 3.8) is 0 Å². The number of rotatable bonds is 6. The van der Waals surface area contributed by atoms with E-state index >= 15 is 0 Å². The second-order valence-electron chi connectivity index (χ2n) is 5.82. The first kappa shape index (κ1) is 17.3. The van der Waals surface area contributed by atoms with Crippen LogP contribution in [0.1, 0.15) is 52.9 Å². The van der Waals surface area contributed by atoms with Crippen molar-refractivity contribution in [2.24, 2.45) is 0 Å². The molecule has 21 heavy (non-hydrogen) atoms. The molecule has 0 aromatic carbocycles. The van der Waals surface area contributed by atoms with Crippen LogP contribution in [0.3, 0.4) is 0 Å². The summed E-state index contributed by atoms with van der Waals surface area (Å²) in [5.41, 5.74) is -1.08. The van der Waals surface area contributed by atoms with Gasteiger partial charge < -0.3 is 14.9 Å². The highest BCUT2D eigenvalue weighted by molar-refractivity contribution is 5.87. The number of carboxylic acids is 1. The summed E-state index contributed by atoms with van der Waals surface area (Å²) in [5, 5.41) is 18.4. The first-order valence-corrected chi connectivity index (χ1v) is 7.59. The molecule has 1 aliphatic heterocycles. The standard InChI is InChI=1S/C15H25N3O3/c1-4-7-15(13(19)20)8-5-11-18(15)14(21)17(12(2)3)10-6-9-16/h12H,4-8,10-11H2,1-3H3,(H,19,20). The summed E-state index contributed by atoms with van der Waals surface area (Å²) in [6.07, 6.45) is 2.66. The second kappa shape index (κ2) is 7.30. The molecule has 6 heteroatoms. The molecule has 0 bridgehead atoms. The molecule has 6 nitrogen and oxygen atoms in total. The van der Waals surface area contributed by atoms with Gasteiger partial charge >= 0.3 is 12.0 Å². The smallest absolute Gasteiger partial charge is 0.329 e. The van der Waals surface area contributed by atoms with Crippen LogP contribution in [0.5, 0.6) is 0 Å². The highest BCUT2D eigenvalue weighted by Crippen LogP contribution is 2.35. The number of hydrogen-bond donors (Lipinski definition) is 1. The van der Waals surface area contributed by atoms with E-state index in [9.17, 15) is 14.7 Å². The van der Waals surface area contributed by atoms with Crippen LogP contribution in [-0.2, 0) is 4.79 Å². The number of aliphatic carboxylic acids is 1. The van der Waals surface area contributed by atoms with Crippen LogP contribution in [0.15, 0.2) is 0 Å². The summed E-state index contributed by atoms with van der Waals surface area (Å²) in [5.74, 6) is -0.917. The Kier molecular flexibility index (Phi) is 6.01. The molecule has 0 spiro atoms. The molecule has 1 aliphatic rings. The van der Waals surface area contributed by atoms with Crippen LogP contribution in [0, 0.1) is 11.3 Å². The van der Waals surface area contributed by atoms with Crippen LogP contribution >= 0.6 is 0 Å². The fourth-order valence-electron chi connectivity index (χ4n) is 3.06. The van der Waals surface area contributed by atoms with Gasteiger partial charge in [0.1, 0.15) is 5.54 Å². The summed E-state index contributed by atoms with van der Waals surface area (Å²) in [6.45, 7) is 6.51. The third-order valence-electron chi connectivity index (χ3n) is 4.11. The van der Waals surface area contributed by atoms with Crippen LogP contribution in [0.4, 0.5) is 4.79 Å². The van der Waals surface area contributed by atoms with Gasteiger partial charge in [-0.15, -0.1) is 0 Å². The summed E-state index contributed by atoms with van der Waals surface area (Å²) in [4.78, 5) is 27.6. The van der Waals surface area contributed by atoms with E-state index in [-0.39, 0.29) is 18.5 Å². The molecule has 1 rings (SSSR count). The quantitative estimate of drug-likeness (QED) is 0.815. The Morgan fingerprint density at radius 1 is 1.48 bits per heavy atom. The Labute approximate surface area is 126 Å². The molecule has 1 heterocycles. The lowest BCUT2D eigenvalue weighted by molar-refractivity contribution is -0.149. The minimum Gasteiger partial charge on any atom is -0.479 e. The number of carbonyl (C=O) groups excluding carboxylic acids is 1. The van der Waals surface area contributed by atoms with Crippen molar-refractivity contribution < 1.29 is 14.7 Å². The Morgan fingerprint density at radius 3 is 2.62 bits per heavy atom. The topological polar surface area (TPSA) is 84.6 Å². The van der Waals surface area contributed by atoms with Gasteiger partial charge in [-0.3, -0.25) is 0 Å². The molecule has 1 saturated heterocycles. The fourth-order valence-corrected chi connectivity index (χ4v) is 3.06. The molecule has 0 saturated carbocycles. The second-order valence-corrected chi connectivity index (χ2v) is 5.82. The van der Waals surface area contributed by atoms with Crippen LogP contribution in [0.2, 0.25) is 0 Å². The van der Waals surface area contributed by atoms with Gasteiger partial charge in [0, 0.05) is 19.1 Å². The maximum atomic E-state index is 12.8. The predicted octanol–water partition coefficient (Wildman–Crippen LogP) is 2.45. The summed E-state index contributed by atoms with van der Waals surface area (Å²) < 4.78 is 0. The van der Waals surface area contributed by atoms with Gasteiger partial charge in [0.15, 0.2) is 0 Å². The van der Waals surface area contributed by atoms with Gasteiger partial charge in [0.2, 0.25) is 0 Å². The van der Waals surface area contributed by atoms with Crippen molar-refractivity contribution in [1.29, 1.82) is 5.26 Å². The van der Waals surface area contributed by atoms with Gasteiger partial charge in [0.25, 0.3) is 0 Å². The number of carbonyl (C=O) groups is 2. The summed E-state index contributed by atoms with van der Waals surface area (Å²) in [7, 11) is 0. The molecule has 1 fully saturated rings. The molecule has 118 valence electrons. The lowest BCUT2D eigenvalue weighted by atomic mass is 9.91. The number of amides is 2. The van der Waals surface area contributed by atoms with E-state index in [1.54, 1.807) is 4.90 Å². The normalized spacial score (nSPS) is 21.4. The lowest BCUT2D eigenvalue weighted by Crippen LogP contribution is -2.58. The Bertz CT molecular complexity index is 430. The van der Waals surface area contributed by atoms with Crippen LogP contribution in [-0.4, -0.2) is 51.6 Å². The summed E-state index contributed by atoms with van der Waals surface area (Å²) in [6, 6.07) is 1.73. The Morgan fingerprint density at radius 2 is 2.14 bits per heavy atom. The number of hydrogen-bond acceptors (Lipinski definition) is 3. The molecular weight excluding hydrogens is 270 g/mol. The monoisotopic (exact) mass is 295 g/mol. The average Bonchev–Trinajstić information content (AvgIpc) is 2.84. The van der Waals surface area contributed by atoms with E-state index in [1.165, 1.54) is 4.90 Å². The van der Waals surface area contributed by atoms with Crippen molar-refractivity contribution >= 4 is 12.0 Å². The molecule has 1 atom stereocenters. The van der Waals surface area contributed by atoms with Crippen molar-refractivity contribution in [3.8, 4) is 6.07 Å². The minimum absolute atomic E-state index is 0.0560. The zero-order chi connectivity index (χ0) is 16.0. The van der Waals surface area contributed by atoms with E-state index in [1.807, 2.05) is 26.8 Å². The molecule has 0 aromatic rings. The third-order valence-corrected chi connectivity index (χ3v) is 4.11. The summed E-state index contributed by atoms with van der Waals surface area (Å²) >= 11 is 0. The molecule has 1 unspecified atom stereocenters. The molecule has 0 aromatic heterocycles. The number of likely N-dealkylation sites (tertiary alicyclic amines) is 1. The molecule has 0 radical (unpaired) electrons. The highest BCUT2D eigenvalue weighted by atomic mass is 16.4. The largest absolute Gasteiger partial charge is 0.479 e. The van der Waals surface area contributed by atoms with Crippen LogP contribution in [0.25, 0.3) is 0 Å². The zero-order valence-electron chi connectivity index (χ0n) is 13.1. The molecule has 0 aliphatic carbocycles. The van der Waals surface area contributed by atoms with Crippen LogP contribution < -0.4 is 0 Å².